The van der Waals surface area contributed by atoms with E-state index in [1.54, 1.807) is 0 Å². The van der Waals surface area contributed by atoms with E-state index >= 15 is 0 Å². The predicted octanol–water partition coefficient (Wildman–Crippen LogP) is 3.82. The minimum Gasteiger partial charge on any atom is -0.324 e. The molecule has 0 radical (unpaired) electrons. The average molecular weight is 398 g/mol. The lowest BCUT2D eigenvalue weighted by Gasteiger charge is -2.15. The number of carbonyl (C=O) groups is 1. The van der Waals surface area contributed by atoms with Gasteiger partial charge >= 0.3 is 6.18 Å². The molecule has 144 valence electrons. The number of sulfonamides is 1. The molecule has 9 heteroatoms. The van der Waals surface area contributed by atoms with Gasteiger partial charge in [0.1, 0.15) is 0 Å². The summed E-state index contributed by atoms with van der Waals surface area (Å²) in [5.41, 5.74) is -0.335. The van der Waals surface area contributed by atoms with E-state index in [1.807, 2.05) is 30.3 Å². The van der Waals surface area contributed by atoms with Crippen LogP contribution in [0, 0.1) is 5.92 Å². The molecule has 0 aromatic heterocycles. The summed E-state index contributed by atoms with van der Waals surface area (Å²) in [6.45, 7) is 0. The van der Waals surface area contributed by atoms with Crippen LogP contribution in [-0.4, -0.2) is 20.6 Å². The lowest BCUT2D eigenvalue weighted by atomic mass is 10.1. The Morgan fingerprint density at radius 1 is 1.07 bits per heavy atom. The van der Waals surface area contributed by atoms with Crippen molar-refractivity contribution in [2.45, 2.75) is 18.5 Å². The molecule has 2 N–H and O–H groups in total. The SMILES string of the molecule is CS(=O)(=O)Nc1ccc(C(F)(F)F)cc1NC(=O)[C@@H]1C[C@@H]1c1ccccc1. The van der Waals surface area contributed by atoms with Gasteiger partial charge in [-0.3, -0.25) is 9.52 Å². The Bertz CT molecular complexity index is 960. The molecule has 0 heterocycles. The van der Waals surface area contributed by atoms with Crippen LogP contribution in [-0.2, 0) is 21.0 Å². The Balaban J connectivity index is 1.83. The summed E-state index contributed by atoms with van der Waals surface area (Å²) < 4.78 is 64.0. The minimum absolute atomic E-state index is 0.00307. The quantitative estimate of drug-likeness (QED) is 0.804. The third-order valence-electron chi connectivity index (χ3n) is 4.26. The average Bonchev–Trinajstić information content (AvgIpc) is 3.36. The number of halogens is 3. The van der Waals surface area contributed by atoms with Gasteiger partial charge in [-0.2, -0.15) is 13.2 Å². The number of rotatable bonds is 5. The second-order valence-corrected chi connectivity index (χ2v) is 8.23. The van der Waals surface area contributed by atoms with Crippen molar-refractivity contribution in [3.8, 4) is 0 Å². The lowest BCUT2D eigenvalue weighted by molar-refractivity contribution is -0.137. The number of alkyl halides is 3. The van der Waals surface area contributed by atoms with Crippen molar-refractivity contribution in [1.82, 2.24) is 0 Å². The maximum atomic E-state index is 13.0. The van der Waals surface area contributed by atoms with E-state index in [9.17, 15) is 26.4 Å². The normalized spacial score (nSPS) is 19.4. The molecule has 1 amide bonds. The zero-order valence-corrected chi connectivity index (χ0v) is 15.1. The highest BCUT2D eigenvalue weighted by Gasteiger charge is 2.44. The van der Waals surface area contributed by atoms with Crippen molar-refractivity contribution in [2.24, 2.45) is 5.92 Å². The molecule has 0 unspecified atom stereocenters. The molecule has 5 nitrogen and oxygen atoms in total. The molecule has 0 spiro atoms. The van der Waals surface area contributed by atoms with Crippen molar-refractivity contribution in [3.63, 3.8) is 0 Å². The van der Waals surface area contributed by atoms with E-state index in [0.717, 1.165) is 30.0 Å². The van der Waals surface area contributed by atoms with Gasteiger partial charge in [0, 0.05) is 5.92 Å². The van der Waals surface area contributed by atoms with Crippen LogP contribution >= 0.6 is 0 Å². The van der Waals surface area contributed by atoms with Gasteiger partial charge in [0.15, 0.2) is 0 Å². The number of amides is 1. The number of carbonyl (C=O) groups excluding carboxylic acids is 1. The fraction of sp³-hybridized carbons (Fsp3) is 0.278. The van der Waals surface area contributed by atoms with Crippen LogP contribution in [0.25, 0.3) is 0 Å². The van der Waals surface area contributed by atoms with Crippen molar-refractivity contribution < 1.29 is 26.4 Å². The Hall–Kier alpha value is -2.55. The van der Waals surface area contributed by atoms with Gasteiger partial charge in [-0.15, -0.1) is 0 Å². The molecule has 2 aromatic carbocycles. The number of hydrogen-bond acceptors (Lipinski definition) is 3. The molecule has 1 saturated carbocycles. The molecule has 3 rings (SSSR count). The standard InChI is InChI=1S/C18H17F3N2O3S/c1-27(25,26)23-15-8-7-12(18(19,20)21)9-16(15)22-17(24)14-10-13(14)11-5-3-2-4-6-11/h2-9,13-14,23H,10H2,1H3,(H,22,24)/t13-,14-/m1/s1. The minimum atomic E-state index is -4.62. The van der Waals surface area contributed by atoms with E-state index in [0.29, 0.717) is 6.42 Å². The predicted molar refractivity (Wildman–Crippen MR) is 95.8 cm³/mol. The van der Waals surface area contributed by atoms with E-state index < -0.39 is 27.7 Å². The van der Waals surface area contributed by atoms with Crippen LogP contribution < -0.4 is 10.0 Å². The van der Waals surface area contributed by atoms with Crippen LogP contribution in [0.2, 0.25) is 0 Å². The highest BCUT2D eigenvalue weighted by atomic mass is 32.2. The van der Waals surface area contributed by atoms with Crippen molar-refractivity contribution in [1.29, 1.82) is 0 Å². The first-order valence-electron chi connectivity index (χ1n) is 8.09. The molecule has 0 saturated heterocycles. The first-order chi connectivity index (χ1) is 12.5. The Morgan fingerprint density at radius 2 is 1.74 bits per heavy atom. The number of anilines is 2. The van der Waals surface area contributed by atoms with Crippen LogP contribution in [0.15, 0.2) is 48.5 Å². The van der Waals surface area contributed by atoms with Gasteiger partial charge in [0.25, 0.3) is 0 Å². The Labute approximate surface area is 154 Å². The van der Waals surface area contributed by atoms with Crippen LogP contribution in [0.4, 0.5) is 24.5 Å². The van der Waals surface area contributed by atoms with E-state index in [1.165, 1.54) is 0 Å². The second-order valence-electron chi connectivity index (χ2n) is 6.48. The first kappa shape index (κ1) is 19.2. The molecule has 2 aromatic rings. The summed E-state index contributed by atoms with van der Waals surface area (Å²) in [7, 11) is -3.72. The van der Waals surface area contributed by atoms with E-state index in [-0.39, 0.29) is 23.2 Å². The van der Waals surface area contributed by atoms with Gasteiger partial charge in [-0.1, -0.05) is 30.3 Å². The molecule has 0 bridgehead atoms. The van der Waals surface area contributed by atoms with Crippen molar-refractivity contribution in [3.05, 3.63) is 59.7 Å². The van der Waals surface area contributed by atoms with Crippen LogP contribution in [0.5, 0.6) is 0 Å². The number of nitrogens with one attached hydrogen (secondary N) is 2. The number of benzene rings is 2. The highest BCUT2D eigenvalue weighted by Crippen LogP contribution is 2.48. The maximum absolute atomic E-state index is 13.0. The molecule has 27 heavy (non-hydrogen) atoms. The summed E-state index contributed by atoms with van der Waals surface area (Å²) in [5, 5.41) is 2.44. The Morgan fingerprint density at radius 3 is 2.33 bits per heavy atom. The summed E-state index contributed by atoms with van der Waals surface area (Å²) in [6.07, 6.45) is -3.15. The van der Waals surface area contributed by atoms with Crippen molar-refractivity contribution >= 4 is 27.3 Å². The topological polar surface area (TPSA) is 75.3 Å². The molecule has 1 aliphatic rings. The molecular weight excluding hydrogens is 381 g/mol. The smallest absolute Gasteiger partial charge is 0.324 e. The monoisotopic (exact) mass is 398 g/mol. The molecule has 2 atom stereocenters. The summed E-state index contributed by atoms with van der Waals surface area (Å²) in [4.78, 5) is 12.5. The highest BCUT2D eigenvalue weighted by molar-refractivity contribution is 7.92. The molecule has 0 aliphatic heterocycles. The third kappa shape index (κ3) is 4.79. The zero-order valence-electron chi connectivity index (χ0n) is 14.2. The fourth-order valence-corrected chi connectivity index (χ4v) is 3.47. The summed E-state index contributed by atoms with van der Waals surface area (Å²) in [6, 6.07) is 11.8. The summed E-state index contributed by atoms with van der Waals surface area (Å²) >= 11 is 0. The van der Waals surface area contributed by atoms with Crippen LogP contribution in [0.3, 0.4) is 0 Å². The van der Waals surface area contributed by atoms with E-state index in [4.69, 9.17) is 0 Å². The maximum Gasteiger partial charge on any atom is 0.416 e. The largest absolute Gasteiger partial charge is 0.416 e. The number of hydrogen-bond donors (Lipinski definition) is 2. The zero-order chi connectivity index (χ0) is 19.8. The van der Waals surface area contributed by atoms with E-state index in [2.05, 4.69) is 10.0 Å². The van der Waals surface area contributed by atoms with Gasteiger partial charge in [-0.25, -0.2) is 8.42 Å². The third-order valence-corrected chi connectivity index (χ3v) is 4.85. The molecule has 1 aliphatic carbocycles. The van der Waals surface area contributed by atoms with Gasteiger partial charge in [0.2, 0.25) is 15.9 Å². The summed E-state index contributed by atoms with van der Waals surface area (Å²) in [5.74, 6) is -0.809. The first-order valence-corrected chi connectivity index (χ1v) is 9.98. The second kappa shape index (κ2) is 6.88. The van der Waals surface area contributed by atoms with Crippen LogP contribution in [0.1, 0.15) is 23.5 Å². The van der Waals surface area contributed by atoms with Crippen molar-refractivity contribution in [2.75, 3.05) is 16.3 Å². The van der Waals surface area contributed by atoms with Gasteiger partial charge in [0.05, 0.1) is 23.2 Å². The van der Waals surface area contributed by atoms with Gasteiger partial charge in [-0.05, 0) is 36.1 Å². The molecular formula is C18H17F3N2O3S. The Kier molecular flexibility index (Phi) is 4.90. The van der Waals surface area contributed by atoms with Gasteiger partial charge < -0.3 is 5.32 Å². The lowest BCUT2D eigenvalue weighted by Crippen LogP contribution is -2.18. The molecule has 1 fully saturated rings. The fourth-order valence-electron chi connectivity index (χ4n) is 2.89.